The van der Waals surface area contributed by atoms with Crippen LogP contribution in [0, 0.1) is 22.8 Å². The van der Waals surface area contributed by atoms with Gasteiger partial charge in [0.15, 0.2) is 11.4 Å². The third-order valence-corrected chi connectivity index (χ3v) is 10.5. The van der Waals surface area contributed by atoms with Crippen molar-refractivity contribution in [2.75, 3.05) is 0 Å². The number of rotatable bonds is 11. The zero-order valence-electron chi connectivity index (χ0n) is 32.4. The Morgan fingerprint density at radius 2 is 1.49 bits per heavy atom. The fourth-order valence-corrected chi connectivity index (χ4v) is 5.95. The number of carbonyl (C=O) groups is 1. The van der Waals surface area contributed by atoms with Crippen molar-refractivity contribution in [1.82, 2.24) is 15.0 Å². The van der Waals surface area contributed by atoms with Crippen LogP contribution in [-0.4, -0.2) is 25.8 Å². The molecule has 0 fully saturated rings. The molecule has 0 saturated heterocycles. The summed E-state index contributed by atoms with van der Waals surface area (Å²) in [6.45, 7) is 23.2. The predicted octanol–water partition coefficient (Wildman–Crippen LogP) is 12.0. The monoisotopic (exact) mass is 867 g/mol. The first kappa shape index (κ1) is 41.7. The molecule has 0 atom stereocenters. The van der Waals surface area contributed by atoms with E-state index in [9.17, 15) is 9.90 Å². The summed E-state index contributed by atoms with van der Waals surface area (Å²) in [4.78, 5) is 25.9. The van der Waals surface area contributed by atoms with Gasteiger partial charge in [-0.2, -0.15) is 0 Å². The van der Waals surface area contributed by atoms with Crippen molar-refractivity contribution in [1.29, 1.82) is 0 Å². The van der Waals surface area contributed by atoms with Crippen LogP contribution in [0.3, 0.4) is 0 Å². The van der Waals surface area contributed by atoms with Crippen molar-refractivity contribution < 1.29 is 34.4 Å². The zero-order valence-corrected chi connectivity index (χ0v) is 34.8. The Balaban J connectivity index is 0.000000335. The number of hydrogen-bond donors (Lipinski definition) is 1. The summed E-state index contributed by atoms with van der Waals surface area (Å²) in [7, 11) is 0. The molecule has 3 heterocycles. The summed E-state index contributed by atoms with van der Waals surface area (Å²) in [5.74, 6) is 1.79. The number of pyridine rings is 1. The van der Waals surface area contributed by atoms with Gasteiger partial charge in [-0.25, -0.2) is 4.98 Å². The molecule has 2 aromatic carbocycles. The first-order chi connectivity index (χ1) is 23.6. The van der Waals surface area contributed by atoms with E-state index in [1.165, 1.54) is 17.0 Å². The van der Waals surface area contributed by atoms with Gasteiger partial charge in [-0.1, -0.05) is 105 Å². The molecule has 0 aliphatic rings. The van der Waals surface area contributed by atoms with Gasteiger partial charge in [0.2, 0.25) is 0 Å². The molecule has 275 valence electrons. The molecule has 0 spiro atoms. The number of hydrogen-bond acceptors (Lipinski definition) is 6. The number of allylic oxidation sites excluding steroid dienone is 2. The van der Waals surface area contributed by atoms with Crippen LogP contribution in [0.4, 0.5) is 0 Å². The Labute approximate surface area is 319 Å². The van der Waals surface area contributed by atoms with E-state index in [0.29, 0.717) is 5.92 Å². The number of carbonyl (C=O) groups excluding carboxylic acids is 1. The zero-order chi connectivity index (χ0) is 36.9. The van der Waals surface area contributed by atoms with Gasteiger partial charge in [-0.05, 0) is 49.1 Å². The fourth-order valence-electron chi connectivity index (χ4n) is 5.95. The Hall–Kier alpha value is -3.67. The van der Waals surface area contributed by atoms with Gasteiger partial charge in [0.25, 0.3) is 0 Å². The number of fused-ring (bicyclic) bond motifs is 2. The number of furan rings is 1. The summed E-state index contributed by atoms with van der Waals surface area (Å²) in [5, 5.41) is 12.5. The first-order valence-electron chi connectivity index (χ1n) is 18.2. The fraction of sp³-hybridized carbons (Fsp3) is 0.455. The molecule has 7 heteroatoms. The van der Waals surface area contributed by atoms with Crippen molar-refractivity contribution in [2.24, 2.45) is 16.7 Å². The molecule has 5 rings (SSSR count). The Morgan fingerprint density at radius 1 is 0.863 bits per heavy atom. The van der Waals surface area contributed by atoms with Crippen molar-refractivity contribution in [3.05, 3.63) is 90.3 Å². The van der Waals surface area contributed by atoms with Crippen LogP contribution in [-0.2, 0) is 36.7 Å². The Bertz CT molecular complexity index is 1960. The second kappa shape index (κ2) is 17.2. The Morgan fingerprint density at radius 3 is 2.10 bits per heavy atom. The smallest absolute Gasteiger partial charge is 0.164 e. The molecule has 0 aliphatic carbocycles. The molecule has 0 unspecified atom stereocenters. The predicted molar refractivity (Wildman–Crippen MR) is 207 cm³/mol. The third kappa shape index (κ3) is 9.81. The second-order valence-corrected chi connectivity index (χ2v) is 15.5. The van der Waals surface area contributed by atoms with E-state index in [0.717, 1.165) is 76.9 Å². The number of aromatic nitrogens is 3. The molecule has 6 nitrogen and oxygen atoms in total. The van der Waals surface area contributed by atoms with E-state index in [1.807, 2.05) is 65.9 Å². The van der Waals surface area contributed by atoms with E-state index in [1.54, 1.807) is 6.33 Å². The summed E-state index contributed by atoms with van der Waals surface area (Å²) in [6.07, 6.45) is 9.12. The topological polar surface area (TPSA) is 89.1 Å². The summed E-state index contributed by atoms with van der Waals surface area (Å²) >= 11 is 0. The minimum atomic E-state index is -0.337. The number of ketones is 1. The van der Waals surface area contributed by atoms with Crippen LogP contribution in [0.15, 0.2) is 77.3 Å². The SMILES string of the molecule is CC(C)Cc1cc2ncc(-c3cc(-c4[c-]c5ccccc5c(C(C)(C)C)c4)ncn3)cc2o1.CCC(C)(CC)C(=O)/C=C(\O)C(C)(CC)CC.[Ir]. The van der Waals surface area contributed by atoms with Crippen molar-refractivity contribution in [3.63, 3.8) is 0 Å². The van der Waals surface area contributed by atoms with Gasteiger partial charge in [0.1, 0.15) is 23.4 Å². The van der Waals surface area contributed by atoms with Gasteiger partial charge >= 0.3 is 0 Å². The van der Waals surface area contributed by atoms with Crippen LogP contribution in [0.5, 0.6) is 0 Å². The van der Waals surface area contributed by atoms with E-state index >= 15 is 0 Å². The number of aliphatic hydroxyl groups excluding tert-OH is 1. The Kier molecular flexibility index (Phi) is 14.1. The van der Waals surface area contributed by atoms with Gasteiger partial charge < -0.3 is 9.52 Å². The first-order valence-corrected chi connectivity index (χ1v) is 18.2. The molecule has 1 N–H and O–H groups in total. The molecule has 5 aromatic rings. The number of aliphatic hydroxyl groups is 1. The molecular formula is C44H56IrN3O3-. The average Bonchev–Trinajstić information content (AvgIpc) is 3.51. The summed E-state index contributed by atoms with van der Waals surface area (Å²) in [6, 6.07) is 20.2. The molecule has 3 aromatic heterocycles. The molecular weight excluding hydrogens is 811 g/mol. The molecule has 1 radical (unpaired) electrons. The van der Waals surface area contributed by atoms with Crippen LogP contribution >= 0.6 is 0 Å². The van der Waals surface area contributed by atoms with E-state index in [4.69, 9.17) is 4.42 Å². The van der Waals surface area contributed by atoms with Gasteiger partial charge in [0.05, 0.1) is 5.69 Å². The molecule has 51 heavy (non-hydrogen) atoms. The molecule has 0 bridgehead atoms. The normalized spacial score (nSPS) is 12.5. The van der Waals surface area contributed by atoms with Crippen LogP contribution < -0.4 is 0 Å². The van der Waals surface area contributed by atoms with Gasteiger partial charge in [-0.3, -0.25) is 14.8 Å². The third-order valence-electron chi connectivity index (χ3n) is 10.5. The van der Waals surface area contributed by atoms with E-state index in [2.05, 4.69) is 86.0 Å². The molecule has 0 amide bonds. The second-order valence-electron chi connectivity index (χ2n) is 15.5. The van der Waals surface area contributed by atoms with Crippen molar-refractivity contribution in [3.8, 4) is 22.5 Å². The average molecular weight is 867 g/mol. The van der Waals surface area contributed by atoms with Gasteiger partial charge in [0, 0.05) is 67.0 Å². The minimum Gasteiger partial charge on any atom is -0.512 e. The van der Waals surface area contributed by atoms with Crippen molar-refractivity contribution in [2.45, 2.75) is 114 Å². The van der Waals surface area contributed by atoms with Crippen LogP contribution in [0.1, 0.15) is 113 Å². The molecule has 0 saturated carbocycles. The van der Waals surface area contributed by atoms with E-state index < -0.39 is 0 Å². The van der Waals surface area contributed by atoms with Crippen molar-refractivity contribution >= 4 is 27.7 Å². The van der Waals surface area contributed by atoms with Gasteiger partial charge in [-0.15, -0.1) is 29.1 Å². The summed E-state index contributed by atoms with van der Waals surface area (Å²) in [5.41, 5.74) is 5.88. The molecule has 0 aliphatic heterocycles. The maximum absolute atomic E-state index is 12.2. The minimum absolute atomic E-state index is 0. The van der Waals surface area contributed by atoms with Crippen LogP contribution in [0.25, 0.3) is 44.4 Å². The summed E-state index contributed by atoms with van der Waals surface area (Å²) < 4.78 is 6.05. The quantitative estimate of drug-likeness (QED) is 0.0808. The van der Waals surface area contributed by atoms with Crippen LogP contribution in [0.2, 0.25) is 0 Å². The van der Waals surface area contributed by atoms with E-state index in [-0.39, 0.29) is 47.9 Å². The standard InChI is InChI=1S/C29H28N3O.C15H28O2.Ir/c1-18(2)10-22-14-27-28(33-22)13-21(16-30-27)26-15-25(31-17-32-26)20-11-19-8-6-7-9-23(19)24(12-20)29(3,4)5;1-7-14(5,8-2)12(16)11-13(17)15(6,9-3)10-4;/h6-9,12-18H,10H2,1-5H3;11,16H,7-10H2,1-6H3;/q-1;;/b;12-11-;. The largest absolute Gasteiger partial charge is 0.512 e. The maximum Gasteiger partial charge on any atom is 0.164 e. The maximum atomic E-state index is 12.2. The number of nitrogens with zero attached hydrogens (tertiary/aromatic N) is 3. The number of benzene rings is 2.